The van der Waals surface area contributed by atoms with Crippen molar-refractivity contribution in [2.24, 2.45) is 0 Å². The van der Waals surface area contributed by atoms with Crippen LogP contribution in [0.15, 0.2) is 9.59 Å². The monoisotopic (exact) mass is 426 g/mol. The topological polar surface area (TPSA) is 143 Å². The number of nitrogens with zero attached hydrogens (tertiary/aromatic N) is 3. The molecular formula is C19H34N6O5. The number of hydrogen-bond acceptors (Lipinski definition) is 7. The minimum atomic E-state index is -0.709. The van der Waals surface area contributed by atoms with Gasteiger partial charge in [0.15, 0.2) is 5.69 Å². The first-order chi connectivity index (χ1) is 14.3. The number of carbonyl (C=O) groups excluding carboxylic acids is 2. The predicted octanol–water partition coefficient (Wildman–Crippen LogP) is -0.644. The van der Waals surface area contributed by atoms with Crippen LogP contribution in [0.2, 0.25) is 0 Å². The number of hydrogen-bond donors (Lipinski definition) is 3. The van der Waals surface area contributed by atoms with Gasteiger partial charge in [0, 0.05) is 33.4 Å². The predicted molar refractivity (Wildman–Crippen MR) is 116 cm³/mol. The second-order valence-corrected chi connectivity index (χ2v) is 7.00. The van der Waals surface area contributed by atoms with Crippen molar-refractivity contribution < 1.29 is 14.3 Å². The molecular weight excluding hydrogens is 392 g/mol. The number of anilines is 2. The van der Waals surface area contributed by atoms with Crippen LogP contribution in [0, 0.1) is 0 Å². The van der Waals surface area contributed by atoms with E-state index in [4.69, 9.17) is 10.5 Å². The summed E-state index contributed by atoms with van der Waals surface area (Å²) in [6.07, 6.45) is 2.25. The van der Waals surface area contributed by atoms with Crippen LogP contribution >= 0.6 is 0 Å². The van der Waals surface area contributed by atoms with Crippen molar-refractivity contribution in [3.05, 3.63) is 20.8 Å². The maximum atomic E-state index is 12.8. The number of nitrogen functional groups attached to an aromatic ring is 1. The van der Waals surface area contributed by atoms with E-state index in [0.717, 1.165) is 6.42 Å². The van der Waals surface area contributed by atoms with Crippen LogP contribution in [0.5, 0.6) is 0 Å². The molecule has 0 spiro atoms. The molecule has 2 amide bonds. The maximum Gasteiger partial charge on any atom is 0.330 e. The van der Waals surface area contributed by atoms with Crippen LogP contribution in [-0.4, -0.2) is 73.2 Å². The smallest absolute Gasteiger partial charge is 0.330 e. The Hall–Kier alpha value is -2.66. The van der Waals surface area contributed by atoms with E-state index >= 15 is 0 Å². The summed E-state index contributed by atoms with van der Waals surface area (Å²) >= 11 is 0. The number of nitrogens with one attached hydrogen (secondary N) is 2. The van der Waals surface area contributed by atoms with Gasteiger partial charge in [-0.15, -0.1) is 0 Å². The molecule has 0 unspecified atom stereocenters. The number of carbonyl (C=O) groups is 2. The summed E-state index contributed by atoms with van der Waals surface area (Å²) in [7, 11) is 3.23. The summed E-state index contributed by atoms with van der Waals surface area (Å²) in [5, 5.41) is 2.75. The van der Waals surface area contributed by atoms with Gasteiger partial charge in [0.25, 0.3) is 5.56 Å². The fourth-order valence-corrected chi connectivity index (χ4v) is 2.95. The Labute approximate surface area is 176 Å². The normalized spacial score (nSPS) is 11.0. The number of unbranched alkanes of at least 4 members (excludes halogenated alkanes) is 1. The van der Waals surface area contributed by atoms with Gasteiger partial charge < -0.3 is 20.7 Å². The van der Waals surface area contributed by atoms with Crippen LogP contribution in [0.3, 0.4) is 0 Å². The number of aromatic nitrogens is 2. The third-order valence-corrected chi connectivity index (χ3v) is 4.50. The van der Waals surface area contributed by atoms with E-state index in [2.05, 4.69) is 10.3 Å². The Morgan fingerprint density at radius 3 is 2.50 bits per heavy atom. The van der Waals surface area contributed by atoms with Crippen molar-refractivity contribution in [2.45, 2.75) is 39.7 Å². The van der Waals surface area contributed by atoms with E-state index in [1.807, 2.05) is 6.92 Å². The molecule has 0 atom stereocenters. The number of likely N-dealkylation sites (N-methyl/N-ethyl adjacent to an activating group) is 2. The summed E-state index contributed by atoms with van der Waals surface area (Å²) in [5.74, 6) is -0.647. The molecule has 11 heteroatoms. The van der Waals surface area contributed by atoms with Crippen molar-refractivity contribution in [2.75, 3.05) is 57.6 Å². The Bertz CT molecular complexity index is 819. The second-order valence-electron chi connectivity index (χ2n) is 7.00. The zero-order chi connectivity index (χ0) is 22.7. The van der Waals surface area contributed by atoms with Crippen molar-refractivity contribution in [1.29, 1.82) is 0 Å². The summed E-state index contributed by atoms with van der Waals surface area (Å²) in [5.41, 5.74) is 4.74. The number of aromatic amines is 1. The van der Waals surface area contributed by atoms with Crippen molar-refractivity contribution in [1.82, 2.24) is 19.8 Å². The van der Waals surface area contributed by atoms with E-state index in [9.17, 15) is 19.2 Å². The average molecular weight is 427 g/mol. The van der Waals surface area contributed by atoms with Gasteiger partial charge in [0.1, 0.15) is 5.82 Å². The molecule has 30 heavy (non-hydrogen) atoms. The van der Waals surface area contributed by atoms with Crippen LogP contribution in [0.4, 0.5) is 11.5 Å². The lowest BCUT2D eigenvalue weighted by molar-refractivity contribution is -0.123. The highest BCUT2D eigenvalue weighted by atomic mass is 16.5. The second kappa shape index (κ2) is 12.8. The fourth-order valence-electron chi connectivity index (χ4n) is 2.95. The van der Waals surface area contributed by atoms with Crippen molar-refractivity contribution in [3.63, 3.8) is 0 Å². The van der Waals surface area contributed by atoms with E-state index in [-0.39, 0.29) is 37.0 Å². The molecule has 0 radical (unpaired) electrons. The van der Waals surface area contributed by atoms with Crippen LogP contribution in [-0.2, 0) is 20.9 Å². The van der Waals surface area contributed by atoms with Gasteiger partial charge in [-0.2, -0.15) is 0 Å². The molecule has 0 saturated heterocycles. The van der Waals surface area contributed by atoms with Gasteiger partial charge in [-0.1, -0.05) is 13.3 Å². The van der Waals surface area contributed by atoms with Gasteiger partial charge in [0.05, 0.1) is 13.1 Å². The lowest BCUT2D eigenvalue weighted by Gasteiger charge is -2.25. The minimum Gasteiger partial charge on any atom is -0.385 e. The molecule has 0 aliphatic carbocycles. The molecule has 0 fully saturated rings. The molecule has 1 aromatic rings. The Kier molecular flexibility index (Phi) is 10.8. The lowest BCUT2D eigenvalue weighted by Crippen LogP contribution is -2.46. The summed E-state index contributed by atoms with van der Waals surface area (Å²) in [6, 6.07) is 0. The molecule has 0 saturated carbocycles. The molecule has 0 aliphatic rings. The number of nitrogens with two attached hydrogens (primary N) is 1. The quantitative estimate of drug-likeness (QED) is 0.356. The van der Waals surface area contributed by atoms with E-state index < -0.39 is 17.2 Å². The first-order valence-corrected chi connectivity index (χ1v) is 10.1. The Morgan fingerprint density at radius 1 is 1.20 bits per heavy atom. The Balaban J connectivity index is 2.89. The molecule has 1 rings (SSSR count). The largest absolute Gasteiger partial charge is 0.385 e. The molecule has 0 aliphatic heterocycles. The zero-order valence-corrected chi connectivity index (χ0v) is 18.3. The lowest BCUT2D eigenvalue weighted by atomic mass is 10.3. The number of ether oxygens (including phenoxy) is 1. The van der Waals surface area contributed by atoms with Crippen LogP contribution in [0.1, 0.15) is 33.1 Å². The summed E-state index contributed by atoms with van der Waals surface area (Å²) in [4.78, 5) is 54.3. The standard InChI is InChI=1S/C19H34N6O5/c1-5-7-10-25-17(20)16(18(28)22-19(25)29)24(6-2)15(27)13-23(3)12-14(26)21-9-8-11-30-4/h5-13,20H2,1-4H3,(H,21,26)(H,22,28,29). The average Bonchev–Trinajstić information content (AvgIpc) is 2.67. The van der Waals surface area contributed by atoms with Gasteiger partial charge >= 0.3 is 5.69 Å². The molecule has 170 valence electrons. The third kappa shape index (κ3) is 7.30. The maximum absolute atomic E-state index is 12.8. The van der Waals surface area contributed by atoms with Crippen molar-refractivity contribution >= 4 is 23.3 Å². The molecule has 4 N–H and O–H groups in total. The first kappa shape index (κ1) is 25.4. The molecule has 1 heterocycles. The Morgan fingerprint density at radius 2 is 1.90 bits per heavy atom. The van der Waals surface area contributed by atoms with Crippen molar-refractivity contribution in [3.8, 4) is 0 Å². The van der Waals surface area contributed by atoms with Crippen LogP contribution < -0.4 is 27.2 Å². The third-order valence-electron chi connectivity index (χ3n) is 4.50. The molecule has 0 aromatic carbocycles. The first-order valence-electron chi connectivity index (χ1n) is 10.1. The van der Waals surface area contributed by atoms with Gasteiger partial charge in [0.2, 0.25) is 11.8 Å². The van der Waals surface area contributed by atoms with E-state index in [1.54, 1.807) is 26.0 Å². The number of methoxy groups -OCH3 is 1. The SMILES string of the molecule is CCCCn1c(N)c(N(CC)C(=O)CN(C)CC(=O)NCCCOC)c(=O)[nH]c1=O. The minimum absolute atomic E-state index is 0.0259. The number of rotatable bonds is 13. The molecule has 0 bridgehead atoms. The molecule has 1 aromatic heterocycles. The van der Waals surface area contributed by atoms with Crippen LogP contribution in [0.25, 0.3) is 0 Å². The summed E-state index contributed by atoms with van der Waals surface area (Å²) in [6.45, 7) is 5.19. The highest BCUT2D eigenvalue weighted by Gasteiger charge is 2.24. The number of amides is 2. The highest BCUT2D eigenvalue weighted by molar-refractivity contribution is 5.97. The fraction of sp³-hybridized carbons (Fsp3) is 0.684. The zero-order valence-electron chi connectivity index (χ0n) is 18.3. The van der Waals surface area contributed by atoms with E-state index in [1.165, 1.54) is 9.47 Å². The summed E-state index contributed by atoms with van der Waals surface area (Å²) < 4.78 is 6.19. The van der Waals surface area contributed by atoms with Gasteiger partial charge in [-0.3, -0.25) is 28.8 Å². The van der Waals surface area contributed by atoms with Gasteiger partial charge in [-0.05, 0) is 26.8 Å². The molecule has 11 nitrogen and oxygen atoms in total. The highest BCUT2D eigenvalue weighted by Crippen LogP contribution is 2.17. The van der Waals surface area contributed by atoms with E-state index in [0.29, 0.717) is 32.5 Å². The number of H-pyrrole nitrogens is 1. The van der Waals surface area contributed by atoms with Gasteiger partial charge in [-0.25, -0.2) is 4.79 Å².